The summed E-state index contributed by atoms with van der Waals surface area (Å²) in [5.41, 5.74) is 0. The molecule has 11 heteroatoms. The summed E-state index contributed by atoms with van der Waals surface area (Å²) in [5.74, 6) is -9.43. The first-order valence-electron chi connectivity index (χ1n) is 2.38. The van der Waals surface area contributed by atoms with Crippen LogP contribution in [0.15, 0.2) is 0 Å². The van der Waals surface area contributed by atoms with Crippen LogP contribution in [0.1, 0.15) is 0 Å². The number of carboxylic acid groups (broad SMARTS) is 1. The molecule has 0 bridgehead atoms. The summed E-state index contributed by atoms with van der Waals surface area (Å²) in [7, 11) is -6.97. The molecule has 0 spiro atoms. The molecule has 0 unspecified atom stereocenters. The number of halogens is 6. The first-order valence-corrected chi connectivity index (χ1v) is 3.76. The van der Waals surface area contributed by atoms with Crippen LogP contribution in [0.25, 0.3) is 0 Å². The van der Waals surface area contributed by atoms with Crippen LogP contribution in [0.5, 0.6) is 0 Å². The van der Waals surface area contributed by atoms with Crippen molar-refractivity contribution in [3.8, 4) is 0 Å². The van der Waals surface area contributed by atoms with Crippen LogP contribution in [0.3, 0.4) is 0 Å². The number of hydrogen-bond donors (Lipinski definition) is 1. The van der Waals surface area contributed by atoms with Gasteiger partial charge in [0, 0.05) is 0 Å². The standard InChI is InChI=1S/C3HF5O4S.FH/c4-2(5,1(9)10)3(6,7)13(8,11)12;/h(H,9,10);1H. The van der Waals surface area contributed by atoms with Gasteiger partial charge in [-0.3, -0.25) is 4.70 Å². The molecule has 86 valence electrons. The van der Waals surface area contributed by atoms with Crippen LogP contribution in [0, 0.1) is 0 Å². The Morgan fingerprint density at radius 2 is 1.43 bits per heavy atom. The van der Waals surface area contributed by atoms with E-state index >= 15 is 0 Å². The summed E-state index contributed by atoms with van der Waals surface area (Å²) >= 11 is 0. The van der Waals surface area contributed by atoms with Crippen LogP contribution in [-0.4, -0.2) is 30.7 Å². The number of carboxylic acids is 1. The number of carbonyl (C=O) groups is 1. The minimum atomic E-state index is -6.97. The third kappa shape index (κ3) is 2.08. The molecule has 0 saturated heterocycles. The molecule has 0 fully saturated rings. The van der Waals surface area contributed by atoms with E-state index in [2.05, 4.69) is 0 Å². The van der Waals surface area contributed by atoms with Gasteiger partial charge in [0.05, 0.1) is 0 Å². The number of aliphatic carboxylic acids is 1. The molecule has 0 atom stereocenters. The zero-order chi connectivity index (χ0) is 11.1. The molecular formula is C3H2F6O4S. The summed E-state index contributed by atoms with van der Waals surface area (Å²) < 4.78 is 77.8. The summed E-state index contributed by atoms with van der Waals surface area (Å²) in [6, 6.07) is 0. The average Bonchev–Trinajstić information content (AvgIpc) is 1.84. The highest BCUT2D eigenvalue weighted by atomic mass is 32.3. The summed E-state index contributed by atoms with van der Waals surface area (Å²) in [6.07, 6.45) is 0. The smallest absolute Gasteiger partial charge is 0.447 e. The second-order valence-corrected chi connectivity index (χ2v) is 3.22. The third-order valence-electron chi connectivity index (χ3n) is 0.940. The molecule has 0 saturated carbocycles. The summed E-state index contributed by atoms with van der Waals surface area (Å²) in [5, 5.41) is 1.21. The monoisotopic (exact) mass is 248 g/mol. The maximum Gasteiger partial charge on any atom is 0.447 e. The lowest BCUT2D eigenvalue weighted by Gasteiger charge is -2.18. The second kappa shape index (κ2) is 3.63. The van der Waals surface area contributed by atoms with E-state index in [1.165, 1.54) is 0 Å². The van der Waals surface area contributed by atoms with Gasteiger partial charge >= 0.3 is 27.4 Å². The second-order valence-electron chi connectivity index (χ2n) is 1.83. The van der Waals surface area contributed by atoms with Gasteiger partial charge in [-0.1, -0.05) is 3.89 Å². The van der Waals surface area contributed by atoms with E-state index in [1.807, 2.05) is 0 Å². The van der Waals surface area contributed by atoms with E-state index < -0.39 is 27.4 Å². The quantitative estimate of drug-likeness (QED) is 0.591. The Morgan fingerprint density at radius 3 is 1.50 bits per heavy atom. The van der Waals surface area contributed by atoms with Gasteiger partial charge in [0.1, 0.15) is 0 Å². The Kier molecular flexibility index (Phi) is 4.01. The Bertz CT molecular complexity index is 320. The molecular weight excluding hydrogens is 246 g/mol. The summed E-state index contributed by atoms with van der Waals surface area (Å²) in [6.45, 7) is 0. The average molecular weight is 248 g/mol. The molecule has 0 aliphatic rings. The van der Waals surface area contributed by atoms with E-state index in [9.17, 15) is 34.7 Å². The molecule has 0 aliphatic heterocycles. The molecule has 0 aliphatic carbocycles. The van der Waals surface area contributed by atoms with E-state index in [1.54, 1.807) is 0 Å². The predicted octanol–water partition coefficient (Wildman–Crippen LogP) is 0.751. The lowest BCUT2D eigenvalue weighted by atomic mass is 10.3. The predicted molar refractivity (Wildman–Crippen MR) is 30.1 cm³/mol. The largest absolute Gasteiger partial charge is 0.477 e. The van der Waals surface area contributed by atoms with Crippen molar-refractivity contribution in [1.29, 1.82) is 0 Å². The highest BCUT2D eigenvalue weighted by Gasteiger charge is 2.71. The highest BCUT2D eigenvalue weighted by molar-refractivity contribution is 7.87. The van der Waals surface area contributed by atoms with Gasteiger partial charge < -0.3 is 5.11 Å². The number of rotatable bonds is 3. The van der Waals surface area contributed by atoms with Crippen molar-refractivity contribution < 1.29 is 44.5 Å². The molecule has 0 aromatic rings. The van der Waals surface area contributed by atoms with Gasteiger partial charge in [-0.2, -0.15) is 26.0 Å². The normalized spacial score (nSPS) is 13.2. The molecule has 0 heterocycles. The SMILES string of the molecule is F.O=C(O)C(F)(F)C(F)(F)S(=O)(=O)F. The van der Waals surface area contributed by atoms with E-state index in [0.29, 0.717) is 0 Å². The van der Waals surface area contributed by atoms with Gasteiger partial charge in [0.25, 0.3) is 0 Å². The van der Waals surface area contributed by atoms with E-state index in [-0.39, 0.29) is 4.70 Å². The minimum absolute atomic E-state index is 0. The highest BCUT2D eigenvalue weighted by Crippen LogP contribution is 2.39. The van der Waals surface area contributed by atoms with Gasteiger partial charge in [-0.15, -0.1) is 0 Å². The topological polar surface area (TPSA) is 71.4 Å². The van der Waals surface area contributed by atoms with Crippen molar-refractivity contribution in [3.05, 3.63) is 0 Å². The maximum absolute atomic E-state index is 11.9. The Morgan fingerprint density at radius 1 is 1.14 bits per heavy atom. The zero-order valence-corrected chi connectivity index (χ0v) is 6.69. The first-order chi connectivity index (χ1) is 5.44. The molecule has 0 amide bonds. The van der Waals surface area contributed by atoms with Crippen LogP contribution in [0.2, 0.25) is 0 Å². The van der Waals surface area contributed by atoms with Crippen LogP contribution < -0.4 is 0 Å². The maximum atomic E-state index is 11.9. The number of alkyl halides is 4. The van der Waals surface area contributed by atoms with Crippen LogP contribution in [-0.2, 0) is 15.0 Å². The first kappa shape index (κ1) is 15.5. The van der Waals surface area contributed by atoms with Crippen molar-refractivity contribution in [2.24, 2.45) is 0 Å². The lowest BCUT2D eigenvalue weighted by molar-refractivity contribution is -0.198. The molecule has 0 aromatic carbocycles. The molecule has 0 radical (unpaired) electrons. The van der Waals surface area contributed by atoms with Crippen molar-refractivity contribution in [1.82, 2.24) is 0 Å². The number of hydrogen-bond acceptors (Lipinski definition) is 3. The fourth-order valence-electron chi connectivity index (χ4n) is 0.278. The van der Waals surface area contributed by atoms with Gasteiger partial charge in [-0.05, 0) is 0 Å². The fourth-order valence-corrected chi connectivity index (χ4v) is 0.671. The fraction of sp³-hybridized carbons (Fsp3) is 0.667. The molecule has 0 rings (SSSR count). The molecule has 1 N–H and O–H groups in total. The minimum Gasteiger partial charge on any atom is -0.477 e. The van der Waals surface area contributed by atoms with Crippen LogP contribution in [0.4, 0.5) is 26.2 Å². The molecule has 14 heavy (non-hydrogen) atoms. The van der Waals surface area contributed by atoms with Gasteiger partial charge in [0.2, 0.25) is 0 Å². The van der Waals surface area contributed by atoms with Crippen molar-refractivity contribution in [2.75, 3.05) is 0 Å². The molecule has 0 aromatic heterocycles. The van der Waals surface area contributed by atoms with Gasteiger partial charge in [-0.25, -0.2) is 4.79 Å². The zero-order valence-electron chi connectivity index (χ0n) is 5.88. The Hall–Kier alpha value is -1.00. The van der Waals surface area contributed by atoms with Gasteiger partial charge in [0.15, 0.2) is 0 Å². The Balaban J connectivity index is 0. The lowest BCUT2D eigenvalue weighted by Crippen LogP contribution is -2.50. The van der Waals surface area contributed by atoms with Crippen molar-refractivity contribution in [2.45, 2.75) is 11.2 Å². The molecule has 4 nitrogen and oxygen atoms in total. The van der Waals surface area contributed by atoms with Crippen molar-refractivity contribution >= 4 is 16.2 Å². The summed E-state index contributed by atoms with van der Waals surface area (Å²) in [4.78, 5) is 9.45. The third-order valence-corrected chi connectivity index (χ3v) is 1.81. The van der Waals surface area contributed by atoms with E-state index in [4.69, 9.17) is 5.11 Å². The van der Waals surface area contributed by atoms with Crippen LogP contribution >= 0.6 is 0 Å². The Labute approximate surface area is 72.9 Å². The van der Waals surface area contributed by atoms with E-state index in [0.717, 1.165) is 0 Å². The van der Waals surface area contributed by atoms with Crippen molar-refractivity contribution in [3.63, 3.8) is 0 Å².